The Kier molecular flexibility index (Phi) is 7.33. The summed E-state index contributed by atoms with van der Waals surface area (Å²) in [5.74, 6) is 0.0894. The molecule has 0 spiro atoms. The molecule has 0 saturated heterocycles. The number of hydrazine groups is 1. The van der Waals surface area contributed by atoms with E-state index in [-0.39, 0.29) is 12.5 Å². The van der Waals surface area contributed by atoms with Crippen molar-refractivity contribution < 1.29 is 19.1 Å². The highest BCUT2D eigenvalue weighted by Crippen LogP contribution is 2.29. The van der Waals surface area contributed by atoms with E-state index in [1.54, 1.807) is 30.3 Å². The van der Waals surface area contributed by atoms with Crippen LogP contribution in [0.15, 0.2) is 36.4 Å². The third kappa shape index (κ3) is 6.05. The van der Waals surface area contributed by atoms with Gasteiger partial charge in [-0.1, -0.05) is 29.3 Å². The van der Waals surface area contributed by atoms with E-state index >= 15 is 0 Å². The molecule has 2 amide bonds. The summed E-state index contributed by atoms with van der Waals surface area (Å²) in [5.41, 5.74) is 5.72. The Bertz CT molecular complexity index is 840. The number of nitrogens with one attached hydrogen (secondary N) is 2. The van der Waals surface area contributed by atoms with Crippen LogP contribution in [-0.4, -0.2) is 25.0 Å². The monoisotopic (exact) mass is 410 g/mol. The molecule has 144 valence electrons. The van der Waals surface area contributed by atoms with Gasteiger partial charge in [0.1, 0.15) is 0 Å². The molecule has 0 bridgehead atoms. The Balaban J connectivity index is 1.96. The predicted molar refractivity (Wildman–Crippen MR) is 105 cm³/mol. The van der Waals surface area contributed by atoms with E-state index in [0.717, 1.165) is 0 Å². The number of rotatable bonds is 6. The minimum Gasteiger partial charge on any atom is -0.493 e. The molecule has 0 aliphatic carbocycles. The van der Waals surface area contributed by atoms with E-state index in [9.17, 15) is 9.59 Å². The molecule has 0 unspecified atom stereocenters. The summed E-state index contributed by atoms with van der Waals surface area (Å²) in [6.45, 7) is 3.78. The molecule has 0 atom stereocenters. The van der Waals surface area contributed by atoms with Crippen molar-refractivity contribution in [2.24, 2.45) is 0 Å². The van der Waals surface area contributed by atoms with Gasteiger partial charge in [0, 0.05) is 5.56 Å². The number of methoxy groups -OCH3 is 1. The van der Waals surface area contributed by atoms with Gasteiger partial charge >= 0.3 is 0 Å². The van der Waals surface area contributed by atoms with Crippen LogP contribution in [0.4, 0.5) is 0 Å². The molecular formula is C19H20Cl2N2O4. The largest absolute Gasteiger partial charge is 0.493 e. The van der Waals surface area contributed by atoms with Crippen molar-refractivity contribution in [3.8, 4) is 11.5 Å². The highest BCUT2D eigenvalue weighted by atomic mass is 35.5. The normalized spacial score (nSPS) is 10.4. The molecule has 2 N–H and O–H groups in total. The Labute approximate surface area is 167 Å². The summed E-state index contributed by atoms with van der Waals surface area (Å²) in [5, 5.41) is 0.773. The van der Waals surface area contributed by atoms with Crippen molar-refractivity contribution in [3.05, 3.63) is 57.6 Å². The third-order valence-electron chi connectivity index (χ3n) is 3.45. The summed E-state index contributed by atoms with van der Waals surface area (Å²) < 4.78 is 10.9. The van der Waals surface area contributed by atoms with E-state index in [0.29, 0.717) is 32.7 Å². The minimum absolute atomic E-state index is 0.0285. The quantitative estimate of drug-likeness (QED) is 0.710. The molecular weight excluding hydrogens is 391 g/mol. The van der Waals surface area contributed by atoms with Gasteiger partial charge in [0.05, 0.1) is 29.7 Å². The van der Waals surface area contributed by atoms with Crippen molar-refractivity contribution in [2.75, 3.05) is 7.11 Å². The van der Waals surface area contributed by atoms with Gasteiger partial charge in [0.2, 0.25) is 5.91 Å². The van der Waals surface area contributed by atoms with Crippen molar-refractivity contribution in [1.29, 1.82) is 0 Å². The van der Waals surface area contributed by atoms with Crippen LogP contribution in [0.3, 0.4) is 0 Å². The van der Waals surface area contributed by atoms with Gasteiger partial charge in [-0.05, 0) is 49.7 Å². The van der Waals surface area contributed by atoms with Crippen molar-refractivity contribution >= 4 is 35.0 Å². The topological polar surface area (TPSA) is 76.7 Å². The fraction of sp³-hybridized carbons (Fsp3) is 0.263. The first-order valence-corrected chi connectivity index (χ1v) is 8.93. The lowest BCUT2D eigenvalue weighted by atomic mass is 10.1. The maximum absolute atomic E-state index is 12.2. The summed E-state index contributed by atoms with van der Waals surface area (Å²) in [6, 6.07) is 9.67. The standard InChI is InChI=1S/C19H20Cl2N2O4/c1-11(2)27-16-7-5-13(10-17(16)26-3)19(25)23-22-18(24)9-12-4-6-14(20)15(21)8-12/h4-8,10-11H,9H2,1-3H3,(H,22,24)(H,23,25). The van der Waals surface area contributed by atoms with Gasteiger partial charge in [0.25, 0.3) is 5.91 Å². The van der Waals surface area contributed by atoms with Crippen molar-refractivity contribution in [3.63, 3.8) is 0 Å². The summed E-state index contributed by atoms with van der Waals surface area (Å²) in [4.78, 5) is 24.2. The molecule has 0 saturated carbocycles. The maximum atomic E-state index is 12.2. The van der Waals surface area contributed by atoms with Gasteiger partial charge < -0.3 is 9.47 Å². The summed E-state index contributed by atoms with van der Waals surface area (Å²) >= 11 is 11.8. The lowest BCUT2D eigenvalue weighted by Gasteiger charge is -2.14. The first-order chi connectivity index (χ1) is 12.8. The molecule has 6 nitrogen and oxygen atoms in total. The Morgan fingerprint density at radius 1 is 1.00 bits per heavy atom. The third-order valence-corrected chi connectivity index (χ3v) is 4.19. The fourth-order valence-corrected chi connectivity index (χ4v) is 2.56. The molecule has 2 aromatic rings. The number of carbonyl (C=O) groups is 2. The number of amides is 2. The number of ether oxygens (including phenoxy) is 2. The van der Waals surface area contributed by atoms with Crippen LogP contribution in [0.2, 0.25) is 10.0 Å². The van der Waals surface area contributed by atoms with Crippen LogP contribution in [0.25, 0.3) is 0 Å². The van der Waals surface area contributed by atoms with E-state index < -0.39 is 11.8 Å². The SMILES string of the molecule is COc1cc(C(=O)NNC(=O)Cc2ccc(Cl)c(Cl)c2)ccc1OC(C)C. The van der Waals surface area contributed by atoms with E-state index in [1.165, 1.54) is 13.2 Å². The Hall–Kier alpha value is -2.44. The predicted octanol–water partition coefficient (Wildman–Crippen LogP) is 3.79. The Morgan fingerprint density at radius 2 is 1.74 bits per heavy atom. The Morgan fingerprint density at radius 3 is 2.37 bits per heavy atom. The zero-order valence-corrected chi connectivity index (χ0v) is 16.6. The highest BCUT2D eigenvalue weighted by Gasteiger charge is 2.13. The number of hydrogen-bond donors (Lipinski definition) is 2. The second kappa shape index (κ2) is 9.48. The second-order valence-corrected chi connectivity index (χ2v) is 6.77. The lowest BCUT2D eigenvalue weighted by Crippen LogP contribution is -2.42. The smallest absolute Gasteiger partial charge is 0.269 e. The summed E-state index contributed by atoms with van der Waals surface area (Å²) in [6.07, 6.45) is 0.0148. The van der Waals surface area contributed by atoms with Crippen LogP contribution in [0.1, 0.15) is 29.8 Å². The van der Waals surface area contributed by atoms with Crippen LogP contribution in [-0.2, 0) is 11.2 Å². The molecule has 2 rings (SSSR count). The number of benzene rings is 2. The first-order valence-electron chi connectivity index (χ1n) is 8.18. The molecule has 0 radical (unpaired) electrons. The number of halogens is 2. The zero-order valence-electron chi connectivity index (χ0n) is 15.1. The fourth-order valence-electron chi connectivity index (χ4n) is 2.24. The van der Waals surface area contributed by atoms with E-state index in [1.807, 2.05) is 13.8 Å². The van der Waals surface area contributed by atoms with Crippen LogP contribution in [0.5, 0.6) is 11.5 Å². The van der Waals surface area contributed by atoms with Crippen molar-refractivity contribution in [1.82, 2.24) is 10.9 Å². The average molecular weight is 411 g/mol. The van der Waals surface area contributed by atoms with Gasteiger partial charge in [-0.3, -0.25) is 20.4 Å². The summed E-state index contributed by atoms with van der Waals surface area (Å²) in [7, 11) is 1.49. The van der Waals surface area contributed by atoms with Gasteiger partial charge in [-0.25, -0.2) is 0 Å². The highest BCUT2D eigenvalue weighted by molar-refractivity contribution is 6.42. The molecule has 0 aromatic heterocycles. The number of carbonyl (C=O) groups excluding carboxylic acids is 2. The zero-order chi connectivity index (χ0) is 20.0. The molecule has 0 fully saturated rings. The molecule has 0 heterocycles. The number of hydrogen-bond acceptors (Lipinski definition) is 4. The molecule has 27 heavy (non-hydrogen) atoms. The lowest BCUT2D eigenvalue weighted by molar-refractivity contribution is -0.121. The van der Waals surface area contributed by atoms with Crippen LogP contribution >= 0.6 is 23.2 Å². The second-order valence-electron chi connectivity index (χ2n) is 5.96. The van der Waals surface area contributed by atoms with Crippen LogP contribution < -0.4 is 20.3 Å². The molecule has 2 aromatic carbocycles. The van der Waals surface area contributed by atoms with E-state index in [2.05, 4.69) is 10.9 Å². The minimum atomic E-state index is -0.480. The first kappa shape index (κ1) is 20.9. The maximum Gasteiger partial charge on any atom is 0.269 e. The van der Waals surface area contributed by atoms with E-state index in [4.69, 9.17) is 32.7 Å². The molecule has 0 aliphatic rings. The molecule has 0 aliphatic heterocycles. The average Bonchev–Trinajstić information content (AvgIpc) is 2.62. The molecule has 8 heteroatoms. The van der Waals surface area contributed by atoms with Gasteiger partial charge in [-0.15, -0.1) is 0 Å². The van der Waals surface area contributed by atoms with Crippen molar-refractivity contribution in [2.45, 2.75) is 26.4 Å². The van der Waals surface area contributed by atoms with Gasteiger partial charge in [-0.2, -0.15) is 0 Å². The van der Waals surface area contributed by atoms with Crippen LogP contribution in [0, 0.1) is 0 Å². The van der Waals surface area contributed by atoms with Gasteiger partial charge in [0.15, 0.2) is 11.5 Å².